The number of esters is 1. The Bertz CT molecular complexity index is 314. The molecule has 0 aromatic rings. The highest BCUT2D eigenvalue weighted by Gasteiger charge is 2.34. The molecule has 0 spiro atoms. The first-order valence-electron chi connectivity index (χ1n) is 7.71. The van der Waals surface area contributed by atoms with Gasteiger partial charge in [0.15, 0.2) is 0 Å². The second-order valence-electron chi connectivity index (χ2n) is 5.54. The maximum Gasteiger partial charge on any atom is 0.328 e. The molecule has 5 heteroatoms. The molecule has 2 atom stereocenters. The Morgan fingerprint density at radius 2 is 2.10 bits per heavy atom. The molecule has 0 saturated carbocycles. The Balaban J connectivity index is 2.46. The molecule has 2 N–H and O–H groups in total. The zero-order valence-corrected chi connectivity index (χ0v) is 12.8. The van der Waals surface area contributed by atoms with Crippen LogP contribution in [0.2, 0.25) is 0 Å². The quantitative estimate of drug-likeness (QED) is 0.688. The van der Waals surface area contributed by atoms with Crippen LogP contribution in [0.4, 0.5) is 0 Å². The molecule has 0 bridgehead atoms. The van der Waals surface area contributed by atoms with Gasteiger partial charge < -0.3 is 15.4 Å². The van der Waals surface area contributed by atoms with Crippen molar-refractivity contribution in [2.45, 2.75) is 57.9 Å². The van der Waals surface area contributed by atoms with Gasteiger partial charge in [-0.2, -0.15) is 0 Å². The lowest BCUT2D eigenvalue weighted by Crippen LogP contribution is -2.41. The zero-order valence-electron chi connectivity index (χ0n) is 12.8. The van der Waals surface area contributed by atoms with E-state index in [4.69, 9.17) is 10.5 Å². The third-order valence-corrected chi connectivity index (χ3v) is 4.08. The van der Waals surface area contributed by atoms with Crippen LogP contribution in [-0.2, 0) is 14.3 Å². The molecule has 1 rings (SSSR count). The molecule has 20 heavy (non-hydrogen) atoms. The molecule has 0 aromatic heterocycles. The van der Waals surface area contributed by atoms with Crippen LogP contribution >= 0.6 is 0 Å². The number of nitrogens with zero attached hydrogens (tertiary/aromatic N) is 1. The number of carbonyl (C=O) groups is 2. The Hall–Kier alpha value is -1.10. The van der Waals surface area contributed by atoms with Gasteiger partial charge in [0.2, 0.25) is 5.91 Å². The molecule has 2 unspecified atom stereocenters. The summed E-state index contributed by atoms with van der Waals surface area (Å²) in [5, 5.41) is 0. The van der Waals surface area contributed by atoms with Crippen LogP contribution in [0.1, 0.15) is 51.9 Å². The maximum atomic E-state index is 12.3. The number of ether oxygens (including phenoxy) is 1. The second-order valence-corrected chi connectivity index (χ2v) is 5.54. The zero-order chi connectivity index (χ0) is 15.0. The van der Waals surface area contributed by atoms with E-state index in [9.17, 15) is 9.59 Å². The van der Waals surface area contributed by atoms with Crippen molar-refractivity contribution in [3.05, 3.63) is 0 Å². The van der Waals surface area contributed by atoms with Crippen molar-refractivity contribution in [2.75, 3.05) is 20.2 Å². The molecule has 1 heterocycles. The number of hydrogen-bond donors (Lipinski definition) is 1. The minimum atomic E-state index is -0.369. The number of likely N-dealkylation sites (tertiary alicyclic amines) is 1. The smallest absolute Gasteiger partial charge is 0.328 e. The molecule has 1 saturated heterocycles. The van der Waals surface area contributed by atoms with E-state index in [1.54, 1.807) is 4.90 Å². The van der Waals surface area contributed by atoms with Crippen LogP contribution in [0.5, 0.6) is 0 Å². The molecule has 1 amide bonds. The summed E-state index contributed by atoms with van der Waals surface area (Å²) in [6, 6.07) is -0.369. The topological polar surface area (TPSA) is 72.6 Å². The average molecular weight is 284 g/mol. The van der Waals surface area contributed by atoms with E-state index in [0.717, 1.165) is 38.5 Å². The molecule has 1 aliphatic heterocycles. The lowest BCUT2D eigenvalue weighted by molar-refractivity contribution is -0.151. The summed E-state index contributed by atoms with van der Waals surface area (Å²) in [6.45, 7) is 3.50. The Morgan fingerprint density at radius 3 is 2.70 bits per heavy atom. The Labute approximate surface area is 121 Å². The summed E-state index contributed by atoms with van der Waals surface area (Å²) in [6.07, 6.45) is 6.19. The monoisotopic (exact) mass is 284 g/mol. The van der Waals surface area contributed by atoms with Crippen molar-refractivity contribution in [2.24, 2.45) is 11.7 Å². The first-order valence-corrected chi connectivity index (χ1v) is 7.71. The summed E-state index contributed by atoms with van der Waals surface area (Å²) in [5.41, 5.74) is 5.61. The minimum absolute atomic E-state index is 0.0797. The Morgan fingerprint density at radius 1 is 1.35 bits per heavy atom. The van der Waals surface area contributed by atoms with Crippen LogP contribution in [0.3, 0.4) is 0 Å². The van der Waals surface area contributed by atoms with Gasteiger partial charge in [0.05, 0.1) is 7.11 Å². The van der Waals surface area contributed by atoms with Crippen LogP contribution < -0.4 is 5.73 Å². The van der Waals surface area contributed by atoms with Gasteiger partial charge in [-0.05, 0) is 38.1 Å². The highest BCUT2D eigenvalue weighted by atomic mass is 16.5. The summed E-state index contributed by atoms with van der Waals surface area (Å²) in [4.78, 5) is 25.6. The summed E-state index contributed by atoms with van der Waals surface area (Å²) in [7, 11) is 1.38. The van der Waals surface area contributed by atoms with Gasteiger partial charge in [-0.3, -0.25) is 4.79 Å². The average Bonchev–Trinajstić information content (AvgIpc) is 2.93. The van der Waals surface area contributed by atoms with Crippen molar-refractivity contribution in [3.8, 4) is 0 Å². The number of methoxy groups -OCH3 is 1. The van der Waals surface area contributed by atoms with Crippen LogP contribution in [-0.4, -0.2) is 43.0 Å². The minimum Gasteiger partial charge on any atom is -0.467 e. The molecule has 1 fully saturated rings. The third kappa shape index (κ3) is 4.78. The Kier molecular flexibility index (Phi) is 7.59. The van der Waals surface area contributed by atoms with Crippen molar-refractivity contribution in [1.82, 2.24) is 4.90 Å². The van der Waals surface area contributed by atoms with Gasteiger partial charge in [0, 0.05) is 13.0 Å². The van der Waals surface area contributed by atoms with E-state index in [1.165, 1.54) is 7.11 Å². The van der Waals surface area contributed by atoms with E-state index >= 15 is 0 Å². The predicted molar refractivity (Wildman–Crippen MR) is 78.1 cm³/mol. The maximum absolute atomic E-state index is 12.3. The lowest BCUT2D eigenvalue weighted by atomic mass is 9.94. The molecule has 1 aliphatic rings. The van der Waals surface area contributed by atoms with Crippen LogP contribution in [0, 0.1) is 5.92 Å². The SMILES string of the molecule is CCCC(CCN)CCC(=O)N1CCCC1C(=O)OC. The highest BCUT2D eigenvalue weighted by molar-refractivity contribution is 5.85. The number of carbonyl (C=O) groups excluding carboxylic acids is 2. The fourth-order valence-corrected chi connectivity index (χ4v) is 2.99. The van der Waals surface area contributed by atoms with Crippen molar-refractivity contribution in [1.29, 1.82) is 0 Å². The summed E-state index contributed by atoms with van der Waals surface area (Å²) in [5.74, 6) is 0.312. The standard InChI is InChI=1S/C15H28N2O3/c1-3-5-12(9-10-16)7-8-14(18)17-11-4-6-13(17)15(19)20-2/h12-13H,3-11,16H2,1-2H3. The molecule has 5 nitrogen and oxygen atoms in total. The first-order chi connectivity index (χ1) is 9.63. The second kappa shape index (κ2) is 8.95. The van der Waals surface area contributed by atoms with Gasteiger partial charge >= 0.3 is 5.97 Å². The highest BCUT2D eigenvalue weighted by Crippen LogP contribution is 2.22. The van der Waals surface area contributed by atoms with Crippen LogP contribution in [0.25, 0.3) is 0 Å². The van der Waals surface area contributed by atoms with E-state index in [-0.39, 0.29) is 17.9 Å². The fraction of sp³-hybridized carbons (Fsp3) is 0.867. The fourth-order valence-electron chi connectivity index (χ4n) is 2.99. The van der Waals surface area contributed by atoms with Crippen LogP contribution in [0.15, 0.2) is 0 Å². The largest absolute Gasteiger partial charge is 0.467 e. The number of hydrogen-bond acceptors (Lipinski definition) is 4. The molecule has 116 valence electrons. The molecule has 0 aromatic carbocycles. The van der Waals surface area contributed by atoms with Gasteiger partial charge in [-0.25, -0.2) is 4.79 Å². The normalized spacial score (nSPS) is 19.9. The number of nitrogens with two attached hydrogens (primary N) is 1. The predicted octanol–water partition coefficient (Wildman–Crippen LogP) is 1.70. The third-order valence-electron chi connectivity index (χ3n) is 4.08. The summed E-state index contributed by atoms with van der Waals surface area (Å²) < 4.78 is 4.77. The molecule has 0 aliphatic carbocycles. The van der Waals surface area contributed by atoms with E-state index in [0.29, 0.717) is 25.4 Å². The molecule has 0 radical (unpaired) electrons. The van der Waals surface area contributed by atoms with Crippen molar-refractivity contribution in [3.63, 3.8) is 0 Å². The number of amides is 1. The van der Waals surface area contributed by atoms with Crippen molar-refractivity contribution < 1.29 is 14.3 Å². The molecular weight excluding hydrogens is 256 g/mol. The van der Waals surface area contributed by atoms with Gasteiger partial charge in [-0.1, -0.05) is 19.8 Å². The van der Waals surface area contributed by atoms with E-state index < -0.39 is 0 Å². The van der Waals surface area contributed by atoms with E-state index in [1.807, 2.05) is 0 Å². The van der Waals surface area contributed by atoms with Crippen molar-refractivity contribution >= 4 is 11.9 Å². The molecular formula is C15H28N2O3. The lowest BCUT2D eigenvalue weighted by Gasteiger charge is -2.24. The first kappa shape index (κ1) is 17.0. The van der Waals surface area contributed by atoms with Gasteiger partial charge in [0.25, 0.3) is 0 Å². The van der Waals surface area contributed by atoms with Gasteiger partial charge in [-0.15, -0.1) is 0 Å². The van der Waals surface area contributed by atoms with E-state index in [2.05, 4.69) is 6.92 Å². The van der Waals surface area contributed by atoms with Gasteiger partial charge in [0.1, 0.15) is 6.04 Å². The number of rotatable bonds is 8. The summed E-state index contributed by atoms with van der Waals surface area (Å²) >= 11 is 0.